The highest BCUT2D eigenvalue weighted by atomic mass is 16.5. The Morgan fingerprint density at radius 3 is 2.39 bits per heavy atom. The lowest BCUT2D eigenvalue weighted by Crippen LogP contribution is -2.80. The number of hydrogen-bond donors (Lipinski definition) is 7. The van der Waals surface area contributed by atoms with E-state index in [0.29, 0.717) is 35.0 Å². The predicted octanol–water partition coefficient (Wildman–Crippen LogP) is 2.00. The number of hydrogen-bond acceptors (Lipinski definition) is 12. The number of aliphatic hydroxyl groups excluding tert-OH is 2. The number of rotatable bonds is 7. The average molecular weight is 671 g/mol. The molecule has 258 valence electrons. The van der Waals surface area contributed by atoms with Crippen molar-refractivity contribution in [3.8, 4) is 28.7 Å². The second-order valence-corrected chi connectivity index (χ2v) is 14.0. The van der Waals surface area contributed by atoms with Crippen molar-refractivity contribution in [2.24, 2.45) is 22.6 Å². The Kier molecular flexibility index (Phi) is 8.36. The SMILES string of the molecule is COc1ccc(CNC2CCCCC2)cc1-c1ccc(O)c2c1C[C@@]1(N)C[C@@]3(N)[C@H](N(C)C)C(=O)C(C(N)=O)=C(O)[C@@]3(C#N)C(=O)C1=C2O. The van der Waals surface area contributed by atoms with Gasteiger partial charge in [0.15, 0.2) is 17.0 Å². The van der Waals surface area contributed by atoms with E-state index in [9.17, 15) is 35.0 Å². The van der Waals surface area contributed by atoms with Crippen molar-refractivity contribution in [1.82, 2.24) is 10.2 Å². The number of methoxy groups -OCH3 is 1. The summed E-state index contributed by atoms with van der Waals surface area (Å²) in [5.41, 5.74) is 13.9. The summed E-state index contributed by atoms with van der Waals surface area (Å²) in [5.74, 6) is -5.22. The van der Waals surface area contributed by atoms with Gasteiger partial charge in [0.2, 0.25) is 0 Å². The van der Waals surface area contributed by atoms with Crippen LogP contribution in [0.25, 0.3) is 16.9 Å². The van der Waals surface area contributed by atoms with Crippen molar-refractivity contribution in [3.63, 3.8) is 0 Å². The van der Waals surface area contributed by atoms with E-state index in [1.165, 1.54) is 51.4 Å². The monoisotopic (exact) mass is 670 g/mol. The Labute approximate surface area is 284 Å². The number of carbonyl (C=O) groups is 3. The number of carbonyl (C=O) groups excluding carboxylic acids is 3. The molecule has 4 atom stereocenters. The van der Waals surface area contributed by atoms with Gasteiger partial charge in [0.25, 0.3) is 5.91 Å². The highest BCUT2D eigenvalue weighted by molar-refractivity contribution is 6.25. The fraction of sp³-hybridized carbons (Fsp3) is 0.444. The number of fused-ring (bicyclic) bond motifs is 3. The number of benzene rings is 2. The number of phenolic OH excluding ortho intramolecular Hbond substituents is 1. The molecule has 0 saturated heterocycles. The van der Waals surface area contributed by atoms with Crippen LogP contribution in [0.2, 0.25) is 0 Å². The molecule has 4 aliphatic carbocycles. The van der Waals surface area contributed by atoms with E-state index in [-0.39, 0.29) is 17.7 Å². The molecule has 0 aliphatic heterocycles. The molecule has 2 aromatic rings. The highest BCUT2D eigenvalue weighted by Gasteiger charge is 2.74. The standard InChI is InChI=1S/C36H42N6O7/c1-42(2)30-29(45)26(33(38)48)31(46)35(17-37)32(47)27-28(44)25-22(14-34(27,39)16-36(30,35)40)20(10-11-23(25)43)21-13-18(9-12-24(21)49-3)15-41-19-7-5-4-6-8-19/h9-13,19,30,41,43-44,46H,4-8,14-16,39-40H2,1-3H3,(H2,38,48)/t30-,34-,35+,36-/m1/s1. The molecule has 13 nitrogen and oxygen atoms in total. The van der Waals surface area contributed by atoms with Gasteiger partial charge in [-0.15, -0.1) is 0 Å². The summed E-state index contributed by atoms with van der Waals surface area (Å²) in [7, 11) is 4.49. The number of Topliss-reactive ketones (excluding diaryl/α,β-unsaturated/α-hetero) is 2. The largest absolute Gasteiger partial charge is 0.509 e. The number of nitrogens with one attached hydrogen (secondary N) is 1. The Bertz CT molecular complexity index is 1890. The summed E-state index contributed by atoms with van der Waals surface area (Å²) in [6.07, 6.45) is 5.25. The zero-order valence-electron chi connectivity index (χ0n) is 27.8. The van der Waals surface area contributed by atoms with Crippen LogP contribution in [-0.4, -0.2) is 82.1 Å². The Morgan fingerprint density at radius 2 is 1.78 bits per heavy atom. The molecule has 4 aliphatic rings. The summed E-state index contributed by atoms with van der Waals surface area (Å²) in [6, 6.07) is 9.57. The number of likely N-dealkylation sites (N-methyl/N-ethyl adjacent to an activating group) is 1. The number of aromatic hydroxyl groups is 1. The third-order valence-electron chi connectivity index (χ3n) is 10.9. The maximum atomic E-state index is 14.7. The minimum Gasteiger partial charge on any atom is -0.509 e. The summed E-state index contributed by atoms with van der Waals surface area (Å²) in [4.78, 5) is 42.1. The van der Waals surface area contributed by atoms with Gasteiger partial charge in [-0.25, -0.2) is 0 Å². The summed E-state index contributed by atoms with van der Waals surface area (Å²) >= 11 is 0. The van der Waals surface area contributed by atoms with Crippen LogP contribution < -0.4 is 27.3 Å². The number of primary amides is 1. The number of amides is 1. The molecule has 0 aromatic heterocycles. The molecule has 2 aromatic carbocycles. The van der Waals surface area contributed by atoms with Crippen molar-refractivity contribution in [2.75, 3.05) is 21.2 Å². The van der Waals surface area contributed by atoms with Crippen molar-refractivity contribution in [2.45, 2.75) is 74.7 Å². The number of ether oxygens (including phenoxy) is 1. The van der Waals surface area contributed by atoms with Gasteiger partial charge in [-0.3, -0.25) is 19.3 Å². The highest BCUT2D eigenvalue weighted by Crippen LogP contribution is 2.59. The minimum atomic E-state index is -2.72. The van der Waals surface area contributed by atoms with Gasteiger partial charge < -0.3 is 42.6 Å². The molecule has 2 saturated carbocycles. The smallest absolute Gasteiger partial charge is 0.255 e. The molecule has 6 rings (SSSR count). The molecule has 10 N–H and O–H groups in total. The Balaban J connectivity index is 1.54. The van der Waals surface area contributed by atoms with E-state index in [4.69, 9.17) is 21.9 Å². The van der Waals surface area contributed by atoms with Crippen molar-refractivity contribution >= 4 is 23.2 Å². The third-order valence-corrected chi connectivity index (χ3v) is 10.9. The van der Waals surface area contributed by atoms with E-state index in [2.05, 4.69) is 5.32 Å². The fourth-order valence-electron chi connectivity index (χ4n) is 8.73. The van der Waals surface area contributed by atoms with Crippen LogP contribution in [0.5, 0.6) is 11.5 Å². The Hall–Kier alpha value is -4.74. The van der Waals surface area contributed by atoms with Crippen LogP contribution in [-0.2, 0) is 27.3 Å². The van der Waals surface area contributed by atoms with Gasteiger partial charge in [0.1, 0.15) is 28.6 Å². The average Bonchev–Trinajstić information content (AvgIpc) is 3.03. The van der Waals surface area contributed by atoms with Crippen LogP contribution in [0.1, 0.15) is 55.2 Å². The van der Waals surface area contributed by atoms with Gasteiger partial charge >= 0.3 is 0 Å². The van der Waals surface area contributed by atoms with Crippen molar-refractivity contribution in [3.05, 3.63) is 63.9 Å². The summed E-state index contributed by atoms with van der Waals surface area (Å²) in [5, 5.41) is 48.7. The summed E-state index contributed by atoms with van der Waals surface area (Å²) < 4.78 is 5.74. The van der Waals surface area contributed by atoms with Gasteiger partial charge in [-0.05, 0) is 74.7 Å². The lowest BCUT2D eigenvalue weighted by molar-refractivity contribution is -0.139. The van der Waals surface area contributed by atoms with Gasteiger partial charge in [-0.2, -0.15) is 5.26 Å². The van der Waals surface area contributed by atoms with Crippen molar-refractivity contribution < 1.29 is 34.4 Å². The number of nitrogens with zero attached hydrogens (tertiary/aromatic N) is 2. The molecule has 0 spiro atoms. The molecule has 0 radical (unpaired) electrons. The summed E-state index contributed by atoms with van der Waals surface area (Å²) in [6.45, 7) is 0.614. The maximum absolute atomic E-state index is 14.7. The first-order valence-electron chi connectivity index (χ1n) is 16.3. The molecule has 0 bridgehead atoms. The minimum absolute atomic E-state index is 0.0815. The number of aliphatic hydroxyl groups is 2. The normalized spacial score (nSPS) is 28.6. The molecule has 0 heterocycles. The van der Waals surface area contributed by atoms with E-state index in [1.54, 1.807) is 12.1 Å². The predicted molar refractivity (Wildman–Crippen MR) is 180 cm³/mol. The van der Waals surface area contributed by atoms with Crippen LogP contribution in [0.3, 0.4) is 0 Å². The second kappa shape index (κ2) is 12.0. The first kappa shape index (κ1) is 34.1. The number of ketones is 2. The van der Waals surface area contributed by atoms with E-state index in [1.807, 2.05) is 18.2 Å². The molecular formula is C36H42N6O7. The second-order valence-electron chi connectivity index (χ2n) is 14.0. The molecule has 2 fully saturated rings. The Morgan fingerprint density at radius 1 is 1.08 bits per heavy atom. The molecule has 13 heteroatoms. The van der Waals surface area contributed by atoms with Gasteiger partial charge in [0, 0.05) is 18.2 Å². The zero-order valence-corrected chi connectivity index (χ0v) is 27.8. The molecule has 49 heavy (non-hydrogen) atoms. The molecular weight excluding hydrogens is 628 g/mol. The van der Waals surface area contributed by atoms with Crippen molar-refractivity contribution in [1.29, 1.82) is 5.26 Å². The van der Waals surface area contributed by atoms with Crippen LogP contribution in [0, 0.1) is 16.7 Å². The van der Waals surface area contributed by atoms with Crippen LogP contribution in [0.15, 0.2) is 47.2 Å². The molecule has 0 unspecified atom stereocenters. The first-order chi connectivity index (χ1) is 23.2. The molecule has 1 amide bonds. The van der Waals surface area contributed by atoms with Gasteiger partial charge in [0.05, 0.1) is 41.4 Å². The van der Waals surface area contributed by atoms with Crippen LogP contribution in [0.4, 0.5) is 0 Å². The third kappa shape index (κ3) is 4.85. The lowest BCUT2D eigenvalue weighted by atomic mass is 9.47. The van der Waals surface area contributed by atoms with E-state index in [0.717, 1.165) is 18.4 Å². The maximum Gasteiger partial charge on any atom is 0.255 e. The number of nitriles is 1. The number of phenols is 1. The van der Waals surface area contributed by atoms with Gasteiger partial charge in [-0.1, -0.05) is 31.4 Å². The number of nitrogens with two attached hydrogens (primary N) is 3. The van der Waals surface area contributed by atoms with Crippen LogP contribution >= 0.6 is 0 Å². The van der Waals surface area contributed by atoms with E-state index < -0.39 is 69.1 Å². The zero-order chi connectivity index (χ0) is 35.6. The van der Waals surface area contributed by atoms with E-state index >= 15 is 0 Å². The first-order valence-corrected chi connectivity index (χ1v) is 16.3. The topological polar surface area (TPSA) is 238 Å². The lowest BCUT2D eigenvalue weighted by Gasteiger charge is -2.58. The quantitative estimate of drug-likeness (QED) is 0.209. The fourth-order valence-corrected chi connectivity index (χ4v) is 8.73.